The van der Waals surface area contributed by atoms with Crippen LogP contribution < -0.4 is 14.8 Å². The number of ether oxygens (including phenoxy) is 3. The molecular weight excluding hydrogens is 400 g/mol. The van der Waals surface area contributed by atoms with Gasteiger partial charge < -0.3 is 24.4 Å². The third-order valence-corrected chi connectivity index (χ3v) is 5.81. The van der Waals surface area contributed by atoms with Gasteiger partial charge in [-0.15, -0.1) is 0 Å². The fraction of sp³-hybridized carbons (Fsp3) is 0.609. The Morgan fingerprint density at radius 3 is 2.29 bits per heavy atom. The molecule has 0 aromatic heterocycles. The quantitative estimate of drug-likeness (QED) is 0.634. The number of nitrogens with zero attached hydrogens (tertiary/aromatic N) is 1. The summed E-state index contributed by atoms with van der Waals surface area (Å²) < 4.78 is 16.3. The van der Waals surface area contributed by atoms with E-state index in [0.29, 0.717) is 43.0 Å². The van der Waals surface area contributed by atoms with Gasteiger partial charge in [-0.2, -0.15) is 0 Å². The van der Waals surface area contributed by atoms with Crippen molar-refractivity contribution in [1.82, 2.24) is 10.2 Å². The Hall–Kier alpha value is -2.77. The number of likely N-dealkylation sites (tertiary alicyclic amines) is 1. The minimum Gasteiger partial charge on any atom is -0.497 e. The first kappa shape index (κ1) is 22.9. The molecule has 0 unspecified atom stereocenters. The van der Waals surface area contributed by atoms with E-state index in [4.69, 9.17) is 14.2 Å². The Labute approximate surface area is 183 Å². The van der Waals surface area contributed by atoms with Gasteiger partial charge >= 0.3 is 5.97 Å². The highest BCUT2D eigenvalue weighted by atomic mass is 16.5. The van der Waals surface area contributed by atoms with Gasteiger partial charge in [0.2, 0.25) is 5.91 Å². The molecule has 0 bridgehead atoms. The molecule has 3 rings (SSSR count). The number of amides is 2. The van der Waals surface area contributed by atoms with Gasteiger partial charge in [-0.25, -0.2) is 4.79 Å². The monoisotopic (exact) mass is 432 g/mol. The van der Waals surface area contributed by atoms with Gasteiger partial charge in [0.05, 0.1) is 19.8 Å². The maximum absolute atomic E-state index is 13.0. The molecule has 0 radical (unpaired) electrons. The van der Waals surface area contributed by atoms with Crippen molar-refractivity contribution in [2.45, 2.75) is 51.7 Å². The van der Waals surface area contributed by atoms with E-state index < -0.39 is 17.9 Å². The average Bonchev–Trinajstić information content (AvgIpc) is 3.62. The van der Waals surface area contributed by atoms with Gasteiger partial charge in [0, 0.05) is 31.8 Å². The number of methoxy groups -OCH3 is 2. The molecule has 8 nitrogen and oxygen atoms in total. The van der Waals surface area contributed by atoms with Crippen LogP contribution in [0.5, 0.6) is 11.5 Å². The fourth-order valence-electron chi connectivity index (χ4n) is 3.72. The average molecular weight is 433 g/mol. The molecule has 170 valence electrons. The molecule has 1 aromatic rings. The number of carbonyl (C=O) groups is 3. The number of hydrogen-bond donors (Lipinski definition) is 1. The maximum atomic E-state index is 13.0. The molecule has 8 heteroatoms. The van der Waals surface area contributed by atoms with Crippen LogP contribution in [0.1, 0.15) is 49.9 Å². The maximum Gasteiger partial charge on any atom is 0.328 e. The van der Waals surface area contributed by atoms with E-state index in [1.54, 1.807) is 18.2 Å². The van der Waals surface area contributed by atoms with E-state index in [1.165, 1.54) is 14.2 Å². The zero-order valence-electron chi connectivity index (χ0n) is 18.7. The number of piperidine rings is 1. The van der Waals surface area contributed by atoms with Gasteiger partial charge in [0.15, 0.2) is 0 Å². The summed E-state index contributed by atoms with van der Waals surface area (Å²) in [4.78, 5) is 39.3. The van der Waals surface area contributed by atoms with E-state index >= 15 is 0 Å². The predicted molar refractivity (Wildman–Crippen MR) is 114 cm³/mol. The Bertz CT molecular complexity index is 812. The predicted octanol–water partition coefficient (Wildman–Crippen LogP) is 2.40. The van der Waals surface area contributed by atoms with Crippen molar-refractivity contribution in [2.75, 3.05) is 27.3 Å². The van der Waals surface area contributed by atoms with Gasteiger partial charge in [0.1, 0.15) is 23.6 Å². The van der Waals surface area contributed by atoms with Crippen LogP contribution in [-0.4, -0.2) is 62.1 Å². The summed E-state index contributed by atoms with van der Waals surface area (Å²) in [5.74, 6) is 0.350. The van der Waals surface area contributed by atoms with Crippen molar-refractivity contribution in [2.24, 2.45) is 11.8 Å². The van der Waals surface area contributed by atoms with Crippen LogP contribution in [-0.2, 0) is 14.3 Å². The summed E-state index contributed by atoms with van der Waals surface area (Å²) in [5, 5.41) is 2.75. The third kappa shape index (κ3) is 5.68. The van der Waals surface area contributed by atoms with Crippen LogP contribution in [0, 0.1) is 11.8 Å². The SMILES string of the molecule is COC(=O)[C@@H](NC(=O)c1cc(OC)ccc1OC1CCN(C(=O)C2CC2)CC1)C(C)C. The second-order valence-electron chi connectivity index (χ2n) is 8.50. The molecule has 2 amide bonds. The molecule has 1 aliphatic heterocycles. The molecule has 1 atom stereocenters. The third-order valence-electron chi connectivity index (χ3n) is 5.81. The number of rotatable bonds is 8. The Morgan fingerprint density at radius 1 is 1.06 bits per heavy atom. The first-order chi connectivity index (χ1) is 14.8. The van der Waals surface area contributed by atoms with Gasteiger partial charge in [0.25, 0.3) is 5.91 Å². The number of benzene rings is 1. The topological polar surface area (TPSA) is 94.2 Å². The van der Waals surface area contributed by atoms with Crippen LogP contribution in [0.15, 0.2) is 18.2 Å². The van der Waals surface area contributed by atoms with E-state index in [1.807, 2.05) is 18.7 Å². The molecule has 1 aliphatic carbocycles. The molecule has 2 aliphatic rings. The first-order valence-corrected chi connectivity index (χ1v) is 10.9. The van der Waals surface area contributed by atoms with Crippen LogP contribution in [0.2, 0.25) is 0 Å². The highest BCUT2D eigenvalue weighted by Crippen LogP contribution is 2.33. The van der Waals surface area contributed by atoms with E-state index in [2.05, 4.69) is 5.32 Å². The van der Waals surface area contributed by atoms with Crippen LogP contribution >= 0.6 is 0 Å². The summed E-state index contributed by atoms with van der Waals surface area (Å²) in [5.41, 5.74) is 0.297. The number of hydrogen-bond acceptors (Lipinski definition) is 6. The van der Waals surface area contributed by atoms with Crippen LogP contribution in [0.25, 0.3) is 0 Å². The molecule has 1 heterocycles. The minimum absolute atomic E-state index is 0.0929. The second-order valence-corrected chi connectivity index (χ2v) is 8.50. The lowest BCUT2D eigenvalue weighted by molar-refractivity contribution is -0.144. The number of nitrogens with one attached hydrogen (secondary N) is 1. The zero-order valence-corrected chi connectivity index (χ0v) is 18.7. The van der Waals surface area contributed by atoms with E-state index in [-0.39, 0.29) is 23.8 Å². The standard InChI is InChI=1S/C23H32N2O6/c1-14(2)20(23(28)30-4)24-21(26)18-13-17(29-3)7-8-19(18)31-16-9-11-25(12-10-16)22(27)15-5-6-15/h7-8,13-16,20H,5-6,9-12H2,1-4H3,(H,24,26)/t20-/m0/s1. The van der Waals surface area contributed by atoms with Crippen molar-refractivity contribution in [3.05, 3.63) is 23.8 Å². The van der Waals surface area contributed by atoms with Crippen molar-refractivity contribution in [3.63, 3.8) is 0 Å². The number of esters is 1. The molecule has 0 spiro atoms. The highest BCUT2D eigenvalue weighted by Gasteiger charge is 2.35. The lowest BCUT2D eigenvalue weighted by Gasteiger charge is -2.32. The summed E-state index contributed by atoms with van der Waals surface area (Å²) in [6.07, 6.45) is 3.33. The van der Waals surface area contributed by atoms with Gasteiger partial charge in [-0.05, 0) is 37.0 Å². The Balaban J connectivity index is 1.70. The molecule has 31 heavy (non-hydrogen) atoms. The van der Waals surface area contributed by atoms with Gasteiger partial charge in [-0.3, -0.25) is 9.59 Å². The van der Waals surface area contributed by atoms with Crippen molar-refractivity contribution >= 4 is 17.8 Å². The molecule has 2 fully saturated rings. The van der Waals surface area contributed by atoms with Crippen molar-refractivity contribution < 1.29 is 28.6 Å². The summed E-state index contributed by atoms with van der Waals surface area (Å²) in [7, 11) is 2.82. The second kappa shape index (κ2) is 10.0. The number of carbonyl (C=O) groups excluding carboxylic acids is 3. The largest absolute Gasteiger partial charge is 0.497 e. The van der Waals surface area contributed by atoms with E-state index in [9.17, 15) is 14.4 Å². The summed E-state index contributed by atoms with van der Waals surface area (Å²) >= 11 is 0. The normalized spacial score (nSPS) is 17.8. The van der Waals surface area contributed by atoms with Gasteiger partial charge in [-0.1, -0.05) is 13.8 Å². The fourth-order valence-corrected chi connectivity index (χ4v) is 3.72. The van der Waals surface area contributed by atoms with E-state index in [0.717, 1.165) is 12.8 Å². The lowest BCUT2D eigenvalue weighted by Crippen LogP contribution is -2.45. The minimum atomic E-state index is -0.770. The lowest BCUT2D eigenvalue weighted by atomic mass is 10.0. The smallest absolute Gasteiger partial charge is 0.328 e. The highest BCUT2D eigenvalue weighted by molar-refractivity contribution is 5.99. The Kier molecular flexibility index (Phi) is 7.41. The first-order valence-electron chi connectivity index (χ1n) is 10.9. The summed E-state index contributed by atoms with van der Waals surface area (Å²) in [6, 6.07) is 4.27. The zero-order chi connectivity index (χ0) is 22.5. The molecule has 1 saturated carbocycles. The van der Waals surface area contributed by atoms with Crippen molar-refractivity contribution in [3.8, 4) is 11.5 Å². The van der Waals surface area contributed by atoms with Crippen LogP contribution in [0.4, 0.5) is 0 Å². The molecule has 1 saturated heterocycles. The summed E-state index contributed by atoms with van der Waals surface area (Å²) in [6.45, 7) is 4.99. The van der Waals surface area contributed by atoms with Crippen molar-refractivity contribution in [1.29, 1.82) is 0 Å². The molecular formula is C23H32N2O6. The molecule has 1 aromatic carbocycles. The van der Waals surface area contributed by atoms with Crippen LogP contribution in [0.3, 0.4) is 0 Å². The Morgan fingerprint density at radius 2 is 1.74 bits per heavy atom. The molecule has 1 N–H and O–H groups in total.